The van der Waals surface area contributed by atoms with E-state index in [0.29, 0.717) is 0 Å². The Hall–Kier alpha value is -2.36. The molecule has 1 atom stereocenters. The van der Waals surface area contributed by atoms with Gasteiger partial charge < -0.3 is 10.4 Å². The highest BCUT2D eigenvalue weighted by atomic mass is 19.1. The van der Waals surface area contributed by atoms with Crippen molar-refractivity contribution in [2.75, 3.05) is 0 Å². The van der Waals surface area contributed by atoms with Crippen LogP contribution in [0.5, 0.6) is 0 Å². The summed E-state index contributed by atoms with van der Waals surface area (Å²) in [7, 11) is 0. The molecular weight excluding hydrogens is 293 g/mol. The molecule has 0 aliphatic heterocycles. The van der Waals surface area contributed by atoms with Gasteiger partial charge in [0.15, 0.2) is 0 Å². The summed E-state index contributed by atoms with van der Waals surface area (Å²) in [5.74, 6) is -0.253. The lowest BCUT2D eigenvalue weighted by molar-refractivity contribution is 0.175. The highest BCUT2D eigenvalue weighted by Gasteiger charge is 2.40. The first-order valence-electron chi connectivity index (χ1n) is 7.67. The third kappa shape index (κ3) is 2.81. The van der Waals surface area contributed by atoms with Crippen LogP contribution in [0.15, 0.2) is 36.4 Å². The topological polar surface area (TPSA) is 49.3 Å². The summed E-state index contributed by atoms with van der Waals surface area (Å²) in [6, 6.07) is 10.5. The van der Waals surface area contributed by atoms with Gasteiger partial charge in [0.05, 0.1) is 6.04 Å². The Bertz CT molecular complexity index is 783. The van der Waals surface area contributed by atoms with Gasteiger partial charge in [-0.05, 0) is 58.7 Å². The monoisotopic (exact) mass is 313 g/mol. The number of benzene rings is 2. The number of carbonyl (C=O) groups is 1. The molecule has 3 rings (SSSR count). The molecule has 3 nitrogen and oxygen atoms in total. The van der Waals surface area contributed by atoms with Crippen LogP contribution in [-0.2, 0) is 6.42 Å². The van der Waals surface area contributed by atoms with E-state index in [1.54, 1.807) is 12.1 Å². The van der Waals surface area contributed by atoms with E-state index >= 15 is 0 Å². The predicted molar refractivity (Wildman–Crippen MR) is 88.0 cm³/mol. The van der Waals surface area contributed by atoms with Crippen molar-refractivity contribution in [3.05, 3.63) is 58.9 Å². The van der Waals surface area contributed by atoms with Crippen molar-refractivity contribution >= 4 is 6.09 Å². The summed E-state index contributed by atoms with van der Waals surface area (Å²) in [5.41, 5.74) is 4.80. The third-order valence-corrected chi connectivity index (χ3v) is 4.66. The quantitative estimate of drug-likeness (QED) is 0.845. The van der Waals surface area contributed by atoms with Crippen LogP contribution in [-0.4, -0.2) is 11.2 Å². The molecule has 2 N–H and O–H groups in total. The van der Waals surface area contributed by atoms with Gasteiger partial charge in [-0.2, -0.15) is 0 Å². The van der Waals surface area contributed by atoms with Crippen LogP contribution in [0.3, 0.4) is 0 Å². The van der Waals surface area contributed by atoms with Crippen LogP contribution < -0.4 is 5.32 Å². The van der Waals surface area contributed by atoms with E-state index in [1.165, 1.54) is 6.07 Å². The largest absolute Gasteiger partial charge is 0.465 e. The zero-order chi connectivity index (χ0) is 16.8. The van der Waals surface area contributed by atoms with Crippen molar-refractivity contribution in [3.63, 3.8) is 0 Å². The van der Waals surface area contributed by atoms with Gasteiger partial charge in [0, 0.05) is 0 Å². The van der Waals surface area contributed by atoms with E-state index in [1.807, 2.05) is 19.1 Å². The molecule has 0 heterocycles. The summed E-state index contributed by atoms with van der Waals surface area (Å²) in [6.45, 7) is 6.07. The highest BCUT2D eigenvalue weighted by molar-refractivity contribution is 5.70. The summed E-state index contributed by atoms with van der Waals surface area (Å²) < 4.78 is 13.6. The zero-order valence-electron chi connectivity index (χ0n) is 13.5. The lowest BCUT2D eigenvalue weighted by atomic mass is 9.85. The number of carboxylic acid groups (broad SMARTS) is 1. The van der Waals surface area contributed by atoms with Crippen LogP contribution in [0.4, 0.5) is 9.18 Å². The number of amides is 1. The minimum absolute atomic E-state index is 0.184. The summed E-state index contributed by atoms with van der Waals surface area (Å²) in [6.07, 6.45) is -0.226. The van der Waals surface area contributed by atoms with Gasteiger partial charge in [-0.1, -0.05) is 38.1 Å². The van der Waals surface area contributed by atoms with E-state index in [4.69, 9.17) is 5.11 Å². The van der Waals surface area contributed by atoms with Crippen molar-refractivity contribution in [3.8, 4) is 11.1 Å². The molecule has 0 spiro atoms. The fourth-order valence-corrected chi connectivity index (χ4v) is 3.52. The number of nitrogens with one attached hydrogen (secondary N) is 1. The van der Waals surface area contributed by atoms with E-state index < -0.39 is 6.09 Å². The Morgan fingerprint density at radius 2 is 2.00 bits per heavy atom. The smallest absolute Gasteiger partial charge is 0.405 e. The van der Waals surface area contributed by atoms with Crippen LogP contribution in [0.2, 0.25) is 0 Å². The van der Waals surface area contributed by atoms with Gasteiger partial charge in [0.2, 0.25) is 0 Å². The normalized spacial score (nSPS) is 18.5. The first-order chi connectivity index (χ1) is 10.8. The molecule has 2 aromatic carbocycles. The molecule has 0 radical (unpaired) electrons. The average Bonchev–Trinajstić information content (AvgIpc) is 2.71. The number of hydrogen-bond donors (Lipinski definition) is 2. The number of hydrogen-bond acceptors (Lipinski definition) is 1. The van der Waals surface area contributed by atoms with Crippen LogP contribution in [0.1, 0.15) is 36.6 Å². The predicted octanol–water partition coefficient (Wildman–Crippen LogP) is 4.69. The third-order valence-electron chi connectivity index (χ3n) is 4.66. The highest BCUT2D eigenvalue weighted by Crippen LogP contribution is 2.46. The minimum atomic E-state index is -1.01. The second-order valence-electron chi connectivity index (χ2n) is 6.92. The van der Waals surface area contributed by atoms with E-state index in [0.717, 1.165) is 34.2 Å². The molecule has 1 aliphatic rings. The zero-order valence-corrected chi connectivity index (χ0v) is 13.5. The fourth-order valence-electron chi connectivity index (χ4n) is 3.52. The molecule has 23 heavy (non-hydrogen) atoms. The van der Waals surface area contributed by atoms with Crippen molar-refractivity contribution in [1.29, 1.82) is 0 Å². The molecule has 0 aromatic heterocycles. The molecule has 0 fully saturated rings. The van der Waals surface area contributed by atoms with Crippen molar-refractivity contribution in [1.82, 2.24) is 5.32 Å². The first-order valence-corrected chi connectivity index (χ1v) is 7.67. The van der Waals surface area contributed by atoms with Gasteiger partial charge >= 0.3 is 6.09 Å². The van der Waals surface area contributed by atoms with Crippen molar-refractivity contribution in [2.45, 2.75) is 33.2 Å². The maximum absolute atomic E-state index is 13.6. The Morgan fingerprint density at radius 1 is 1.26 bits per heavy atom. The van der Waals surface area contributed by atoms with E-state index in [9.17, 15) is 9.18 Å². The Labute approximate surface area is 135 Å². The van der Waals surface area contributed by atoms with E-state index in [-0.39, 0.29) is 17.3 Å². The second-order valence-corrected chi connectivity index (χ2v) is 6.92. The fraction of sp³-hybridized carbons (Fsp3) is 0.316. The minimum Gasteiger partial charge on any atom is -0.465 e. The average molecular weight is 313 g/mol. The van der Waals surface area contributed by atoms with E-state index in [2.05, 4.69) is 25.2 Å². The standard InChI is InChI=1S/C19H20FNO2/c1-11-4-6-14(20)9-16(11)12-5-7-15-13(8-12)10-19(2,3)17(15)21-18(22)23/h4-9,17,21H,10H2,1-3H3,(H,22,23). The van der Waals surface area contributed by atoms with Crippen molar-refractivity contribution in [2.24, 2.45) is 5.41 Å². The van der Waals surface area contributed by atoms with Gasteiger partial charge in [-0.15, -0.1) is 0 Å². The number of rotatable bonds is 2. The Kier molecular flexibility index (Phi) is 3.63. The molecule has 2 aromatic rings. The lowest BCUT2D eigenvalue weighted by Crippen LogP contribution is -2.34. The number of halogens is 1. The van der Waals surface area contributed by atoms with Gasteiger partial charge in [-0.25, -0.2) is 9.18 Å². The van der Waals surface area contributed by atoms with Gasteiger partial charge in [-0.3, -0.25) is 0 Å². The second kappa shape index (κ2) is 5.37. The summed E-state index contributed by atoms with van der Waals surface area (Å²) in [4.78, 5) is 11.1. The molecule has 0 bridgehead atoms. The molecule has 1 amide bonds. The summed E-state index contributed by atoms with van der Waals surface area (Å²) in [5, 5.41) is 11.7. The molecule has 0 saturated heterocycles. The first kappa shape index (κ1) is 15.5. The van der Waals surface area contributed by atoms with Crippen LogP contribution in [0.25, 0.3) is 11.1 Å². The molecule has 4 heteroatoms. The molecular formula is C19H20FNO2. The van der Waals surface area contributed by atoms with Crippen molar-refractivity contribution < 1.29 is 14.3 Å². The van der Waals surface area contributed by atoms with Gasteiger partial charge in [0.1, 0.15) is 5.82 Å². The number of fused-ring (bicyclic) bond motifs is 1. The molecule has 1 aliphatic carbocycles. The maximum Gasteiger partial charge on any atom is 0.405 e. The molecule has 0 saturated carbocycles. The lowest BCUT2D eigenvalue weighted by Gasteiger charge is -2.27. The Morgan fingerprint density at radius 3 is 2.70 bits per heavy atom. The SMILES string of the molecule is Cc1ccc(F)cc1-c1ccc2c(c1)CC(C)(C)C2NC(=O)O. The molecule has 120 valence electrons. The number of aryl methyl sites for hydroxylation is 1. The van der Waals surface area contributed by atoms with Crippen LogP contribution in [0, 0.1) is 18.2 Å². The van der Waals surface area contributed by atoms with Gasteiger partial charge in [0.25, 0.3) is 0 Å². The van der Waals surface area contributed by atoms with Crippen LogP contribution >= 0.6 is 0 Å². The maximum atomic E-state index is 13.6. The Balaban J connectivity index is 2.05. The molecule has 1 unspecified atom stereocenters. The summed E-state index contributed by atoms with van der Waals surface area (Å²) >= 11 is 0.